The number of fused-ring (bicyclic) bond motifs is 1. The Bertz CT molecular complexity index is 922. The summed E-state index contributed by atoms with van der Waals surface area (Å²) in [7, 11) is 3.90. The van der Waals surface area contributed by atoms with E-state index in [0.717, 1.165) is 75.1 Å². The first-order valence-corrected chi connectivity index (χ1v) is 10.4. The Kier molecular flexibility index (Phi) is 5.61. The number of benzene rings is 1. The maximum atomic E-state index is 12.9. The molecule has 1 aromatic heterocycles. The van der Waals surface area contributed by atoms with E-state index in [4.69, 9.17) is 0 Å². The molecule has 4 rings (SSSR count). The zero-order valence-electron chi connectivity index (χ0n) is 17.3. The highest BCUT2D eigenvalue weighted by Gasteiger charge is 2.30. The lowest BCUT2D eigenvalue weighted by Gasteiger charge is -2.24. The monoisotopic (exact) mass is 398 g/mol. The minimum absolute atomic E-state index is 0.151. The summed E-state index contributed by atoms with van der Waals surface area (Å²) >= 11 is 0. The molecule has 0 radical (unpaired) electrons. The molecule has 0 spiro atoms. The van der Waals surface area contributed by atoms with Crippen molar-refractivity contribution in [1.82, 2.24) is 19.3 Å². The number of likely N-dealkylation sites (tertiary alicyclic amines) is 1. The first kappa shape index (κ1) is 19.9. The van der Waals surface area contributed by atoms with Crippen molar-refractivity contribution in [2.24, 2.45) is 13.0 Å². The molecule has 1 atom stereocenters. The highest BCUT2D eigenvalue weighted by atomic mass is 16.4. The average Bonchev–Trinajstić information content (AvgIpc) is 3.19. The molecule has 0 bridgehead atoms. The number of rotatable bonds is 4. The standard InChI is InChI=1S/C22H30N4O3/c1-23-10-7-18(14-23)21(27)26-9-4-8-25(11-12-26)15-17-6-3-5-16-13-19(22(28)29)24(2)20(16)17/h3,5-6,13,18H,4,7-12,14-15H2,1-2H3,(H,28,29)/t18-/m1/s1. The number of hydrogen-bond acceptors (Lipinski definition) is 4. The van der Waals surface area contributed by atoms with Gasteiger partial charge >= 0.3 is 5.97 Å². The van der Waals surface area contributed by atoms with Crippen LogP contribution < -0.4 is 0 Å². The van der Waals surface area contributed by atoms with Crippen molar-refractivity contribution >= 4 is 22.8 Å². The van der Waals surface area contributed by atoms with E-state index >= 15 is 0 Å². The van der Waals surface area contributed by atoms with Crippen molar-refractivity contribution in [2.45, 2.75) is 19.4 Å². The number of aryl methyl sites for hydroxylation is 1. The predicted molar refractivity (Wildman–Crippen MR) is 112 cm³/mol. The van der Waals surface area contributed by atoms with Gasteiger partial charge in [-0.15, -0.1) is 0 Å². The quantitative estimate of drug-likeness (QED) is 0.852. The lowest BCUT2D eigenvalue weighted by atomic mass is 10.1. The molecule has 7 heteroatoms. The van der Waals surface area contributed by atoms with Gasteiger partial charge in [0, 0.05) is 51.7 Å². The van der Waals surface area contributed by atoms with Crippen LogP contribution >= 0.6 is 0 Å². The van der Waals surface area contributed by atoms with Gasteiger partial charge in [-0.25, -0.2) is 4.79 Å². The van der Waals surface area contributed by atoms with E-state index in [2.05, 4.69) is 27.8 Å². The zero-order valence-corrected chi connectivity index (χ0v) is 17.3. The fraction of sp³-hybridized carbons (Fsp3) is 0.545. The Balaban J connectivity index is 1.46. The summed E-state index contributed by atoms with van der Waals surface area (Å²) in [5.74, 6) is -0.443. The maximum Gasteiger partial charge on any atom is 0.352 e. The molecule has 1 N–H and O–H groups in total. The van der Waals surface area contributed by atoms with E-state index in [9.17, 15) is 14.7 Å². The second-order valence-corrected chi connectivity index (χ2v) is 8.45. The van der Waals surface area contributed by atoms with Crippen LogP contribution in [0.3, 0.4) is 0 Å². The number of para-hydroxylation sites is 1. The van der Waals surface area contributed by atoms with E-state index in [1.54, 1.807) is 10.6 Å². The number of carboxylic acids is 1. The predicted octanol–water partition coefficient (Wildman–Crippen LogP) is 1.86. The normalized spacial score (nSPS) is 21.6. The number of hydrogen-bond donors (Lipinski definition) is 1. The number of aromatic carboxylic acids is 1. The van der Waals surface area contributed by atoms with Crippen LogP contribution in [0.15, 0.2) is 24.3 Å². The molecule has 2 aliphatic rings. The number of carbonyl (C=O) groups excluding carboxylic acids is 1. The van der Waals surface area contributed by atoms with Gasteiger partial charge in [0.2, 0.25) is 5.91 Å². The number of carbonyl (C=O) groups is 2. The van der Waals surface area contributed by atoms with Crippen molar-refractivity contribution in [3.63, 3.8) is 0 Å². The SMILES string of the molecule is CN1CC[C@@H](C(=O)N2CCCN(Cc3cccc4cc(C(=O)O)n(C)c34)CC2)C1. The van der Waals surface area contributed by atoms with Gasteiger partial charge in [0.1, 0.15) is 5.69 Å². The van der Waals surface area contributed by atoms with Gasteiger partial charge in [0.15, 0.2) is 0 Å². The second kappa shape index (κ2) is 8.16. The van der Waals surface area contributed by atoms with E-state index in [0.29, 0.717) is 11.6 Å². The van der Waals surface area contributed by atoms with Crippen molar-refractivity contribution < 1.29 is 14.7 Å². The van der Waals surface area contributed by atoms with Crippen LogP contribution in [0.1, 0.15) is 28.9 Å². The second-order valence-electron chi connectivity index (χ2n) is 8.45. The van der Waals surface area contributed by atoms with Crippen LogP contribution in [-0.2, 0) is 18.4 Å². The van der Waals surface area contributed by atoms with Crippen molar-refractivity contribution in [3.8, 4) is 0 Å². The van der Waals surface area contributed by atoms with E-state index in [-0.39, 0.29) is 5.92 Å². The highest BCUT2D eigenvalue weighted by molar-refractivity contribution is 5.95. The summed E-state index contributed by atoms with van der Waals surface area (Å²) in [6.45, 7) is 6.04. The van der Waals surface area contributed by atoms with E-state index in [1.165, 1.54) is 0 Å². The Morgan fingerprint density at radius 2 is 1.93 bits per heavy atom. The van der Waals surface area contributed by atoms with Crippen LogP contribution in [0.2, 0.25) is 0 Å². The molecule has 2 fully saturated rings. The van der Waals surface area contributed by atoms with Crippen molar-refractivity contribution in [1.29, 1.82) is 0 Å². The van der Waals surface area contributed by atoms with Crippen molar-refractivity contribution in [3.05, 3.63) is 35.5 Å². The smallest absolute Gasteiger partial charge is 0.352 e. The lowest BCUT2D eigenvalue weighted by molar-refractivity contribution is -0.135. The molecule has 1 amide bonds. The molecule has 0 aliphatic carbocycles. The Labute approximate surface area is 171 Å². The van der Waals surface area contributed by atoms with Gasteiger partial charge in [0.25, 0.3) is 0 Å². The summed E-state index contributed by atoms with van der Waals surface area (Å²) in [4.78, 5) is 31.0. The van der Waals surface area contributed by atoms with Crippen LogP contribution in [0, 0.1) is 5.92 Å². The van der Waals surface area contributed by atoms with Gasteiger partial charge in [-0.1, -0.05) is 18.2 Å². The van der Waals surface area contributed by atoms with E-state index < -0.39 is 5.97 Å². The fourth-order valence-corrected chi connectivity index (χ4v) is 4.82. The van der Waals surface area contributed by atoms with Gasteiger partial charge in [0.05, 0.1) is 11.4 Å². The van der Waals surface area contributed by atoms with Gasteiger partial charge in [-0.3, -0.25) is 9.69 Å². The third-order valence-corrected chi connectivity index (χ3v) is 6.39. The number of carboxylic acid groups (broad SMARTS) is 1. The van der Waals surface area contributed by atoms with Crippen molar-refractivity contribution in [2.75, 3.05) is 46.3 Å². The molecule has 2 aliphatic heterocycles. The van der Waals surface area contributed by atoms with Gasteiger partial charge in [-0.05, 0) is 38.1 Å². The third-order valence-electron chi connectivity index (χ3n) is 6.39. The number of amides is 1. The highest BCUT2D eigenvalue weighted by Crippen LogP contribution is 2.25. The molecule has 3 heterocycles. The molecule has 7 nitrogen and oxygen atoms in total. The average molecular weight is 399 g/mol. The van der Waals surface area contributed by atoms with Crippen LogP contribution in [-0.4, -0.2) is 82.6 Å². The topological polar surface area (TPSA) is 69.0 Å². The summed E-state index contributed by atoms with van der Waals surface area (Å²) in [6, 6.07) is 7.78. The molecule has 0 unspecified atom stereocenters. The summed E-state index contributed by atoms with van der Waals surface area (Å²) in [6.07, 6.45) is 1.94. The Hall–Kier alpha value is -2.38. The maximum absolute atomic E-state index is 12.9. The van der Waals surface area contributed by atoms with Gasteiger partial charge < -0.3 is 19.5 Å². The fourth-order valence-electron chi connectivity index (χ4n) is 4.82. The summed E-state index contributed by atoms with van der Waals surface area (Å²) < 4.78 is 1.78. The first-order chi connectivity index (χ1) is 13.9. The largest absolute Gasteiger partial charge is 0.477 e. The third kappa shape index (κ3) is 4.02. The van der Waals surface area contributed by atoms with Gasteiger partial charge in [-0.2, -0.15) is 0 Å². The lowest BCUT2D eigenvalue weighted by Crippen LogP contribution is -2.39. The van der Waals surface area contributed by atoms with Crippen LogP contribution in [0.5, 0.6) is 0 Å². The molecule has 2 saturated heterocycles. The minimum atomic E-state index is -0.906. The molecular formula is C22H30N4O3. The molecule has 2 aromatic rings. The zero-order chi connectivity index (χ0) is 20.5. The Morgan fingerprint density at radius 1 is 1.10 bits per heavy atom. The molecule has 29 heavy (non-hydrogen) atoms. The van der Waals surface area contributed by atoms with E-state index in [1.807, 2.05) is 19.2 Å². The number of nitrogens with zero attached hydrogens (tertiary/aromatic N) is 4. The summed E-state index contributed by atoms with van der Waals surface area (Å²) in [5.41, 5.74) is 2.42. The molecular weight excluding hydrogens is 368 g/mol. The number of aromatic nitrogens is 1. The van der Waals surface area contributed by atoms with Crippen LogP contribution in [0.4, 0.5) is 0 Å². The Morgan fingerprint density at radius 3 is 2.66 bits per heavy atom. The molecule has 1 aromatic carbocycles. The minimum Gasteiger partial charge on any atom is -0.477 e. The van der Waals surface area contributed by atoms with Crippen LogP contribution in [0.25, 0.3) is 10.9 Å². The molecule has 0 saturated carbocycles. The first-order valence-electron chi connectivity index (χ1n) is 10.4. The summed E-state index contributed by atoms with van der Waals surface area (Å²) in [5, 5.41) is 10.4. The molecule has 156 valence electrons.